The third kappa shape index (κ3) is 3.72. The number of hydrogen-bond acceptors (Lipinski definition) is 2. The van der Waals surface area contributed by atoms with Crippen molar-refractivity contribution in [1.29, 1.82) is 0 Å². The number of alkyl halides is 1. The molecule has 0 aromatic carbocycles. The third-order valence-electron chi connectivity index (χ3n) is 3.32. The molecular weight excluding hydrogens is 266 g/mol. The first-order chi connectivity index (χ1) is 8.81. The normalized spacial score (nSPS) is 14.9. The molecule has 4 heteroatoms. The maximum Gasteiger partial charge on any atom is 0.261 e. The first-order valence-electron chi connectivity index (χ1n) is 6.77. The van der Waals surface area contributed by atoms with Crippen molar-refractivity contribution in [3.8, 4) is 0 Å². The molecule has 1 aromatic rings. The van der Waals surface area contributed by atoms with E-state index in [2.05, 4.69) is 11.4 Å². The molecule has 1 N–H and O–H groups in total. The van der Waals surface area contributed by atoms with Gasteiger partial charge in [0.1, 0.15) is 0 Å². The van der Waals surface area contributed by atoms with E-state index in [1.807, 2.05) is 0 Å². The first kappa shape index (κ1) is 13.9. The molecule has 0 atom stereocenters. The Labute approximate surface area is 118 Å². The molecule has 1 aliphatic carbocycles. The number of amides is 1. The van der Waals surface area contributed by atoms with Crippen LogP contribution < -0.4 is 5.32 Å². The molecule has 2 rings (SSSR count). The molecule has 0 saturated carbocycles. The van der Waals surface area contributed by atoms with Crippen LogP contribution in [0.15, 0.2) is 6.07 Å². The molecular formula is C14H20ClNOS. The van der Waals surface area contributed by atoms with Crippen LogP contribution in [-0.4, -0.2) is 18.3 Å². The number of thiophene rings is 1. The van der Waals surface area contributed by atoms with E-state index in [0.29, 0.717) is 5.88 Å². The van der Waals surface area contributed by atoms with Crippen molar-refractivity contribution in [3.05, 3.63) is 21.4 Å². The fourth-order valence-electron chi connectivity index (χ4n) is 2.29. The molecule has 100 valence electrons. The fraction of sp³-hybridized carbons (Fsp3) is 0.643. The third-order valence-corrected chi connectivity index (χ3v) is 4.82. The summed E-state index contributed by atoms with van der Waals surface area (Å²) in [5.74, 6) is 0.756. The number of fused-ring (bicyclic) bond motifs is 1. The number of carbonyl (C=O) groups excluding carboxylic acids is 1. The minimum Gasteiger partial charge on any atom is -0.351 e. The highest BCUT2D eigenvalue weighted by Crippen LogP contribution is 2.28. The fourth-order valence-corrected chi connectivity index (χ4v) is 3.65. The van der Waals surface area contributed by atoms with Gasteiger partial charge < -0.3 is 5.32 Å². The minimum atomic E-state index is 0.0858. The Morgan fingerprint density at radius 2 is 2.11 bits per heavy atom. The molecule has 0 fully saturated rings. The van der Waals surface area contributed by atoms with Crippen LogP contribution in [0.25, 0.3) is 0 Å². The van der Waals surface area contributed by atoms with Crippen molar-refractivity contribution in [2.45, 2.75) is 44.9 Å². The lowest BCUT2D eigenvalue weighted by Gasteiger charge is -2.01. The van der Waals surface area contributed by atoms with Crippen LogP contribution in [0.4, 0.5) is 0 Å². The van der Waals surface area contributed by atoms with Crippen LogP contribution in [0.5, 0.6) is 0 Å². The second-order valence-electron chi connectivity index (χ2n) is 4.77. The summed E-state index contributed by atoms with van der Waals surface area (Å²) in [4.78, 5) is 14.3. The van der Waals surface area contributed by atoms with Crippen LogP contribution in [0.3, 0.4) is 0 Å². The zero-order valence-electron chi connectivity index (χ0n) is 10.6. The maximum atomic E-state index is 12.0. The summed E-state index contributed by atoms with van der Waals surface area (Å²) < 4.78 is 0. The summed E-state index contributed by atoms with van der Waals surface area (Å²) >= 11 is 7.29. The molecule has 0 aliphatic heterocycles. The number of unbranched alkanes of at least 4 members (excludes halogenated alkanes) is 1. The molecule has 1 aliphatic rings. The number of hydrogen-bond donors (Lipinski definition) is 1. The smallest absolute Gasteiger partial charge is 0.261 e. The average Bonchev–Trinajstić information content (AvgIpc) is 2.66. The molecule has 0 unspecified atom stereocenters. The van der Waals surface area contributed by atoms with Gasteiger partial charge >= 0.3 is 0 Å². The Morgan fingerprint density at radius 3 is 2.94 bits per heavy atom. The quantitative estimate of drug-likeness (QED) is 0.498. The van der Waals surface area contributed by atoms with Crippen molar-refractivity contribution in [2.24, 2.45) is 0 Å². The molecule has 0 bridgehead atoms. The van der Waals surface area contributed by atoms with Crippen LogP contribution in [0, 0.1) is 0 Å². The zero-order valence-corrected chi connectivity index (χ0v) is 12.2. The molecule has 18 heavy (non-hydrogen) atoms. The number of halogens is 1. The molecule has 2 nitrogen and oxygen atoms in total. The van der Waals surface area contributed by atoms with E-state index < -0.39 is 0 Å². The van der Waals surface area contributed by atoms with Crippen molar-refractivity contribution < 1.29 is 4.79 Å². The van der Waals surface area contributed by atoms with Gasteiger partial charge in [-0.1, -0.05) is 6.42 Å². The molecule has 0 saturated heterocycles. The maximum absolute atomic E-state index is 12.0. The van der Waals surface area contributed by atoms with E-state index in [4.69, 9.17) is 11.6 Å². The Balaban J connectivity index is 1.90. The van der Waals surface area contributed by atoms with Crippen molar-refractivity contribution in [2.75, 3.05) is 12.4 Å². The van der Waals surface area contributed by atoms with E-state index >= 15 is 0 Å². The lowest BCUT2D eigenvalue weighted by molar-refractivity contribution is 0.0957. The summed E-state index contributed by atoms with van der Waals surface area (Å²) in [5, 5.41) is 2.97. The highest BCUT2D eigenvalue weighted by molar-refractivity contribution is 7.14. The number of aryl methyl sites for hydroxylation is 2. The minimum absolute atomic E-state index is 0.0858. The van der Waals surface area contributed by atoms with Gasteiger partial charge in [0, 0.05) is 17.3 Å². The standard InChI is InChI=1S/C14H20ClNOS/c15-8-4-5-9-16-14(17)13-10-11-6-2-1-3-7-12(11)18-13/h10H,1-9H2,(H,16,17). The van der Waals surface area contributed by atoms with Gasteiger partial charge in [-0.2, -0.15) is 0 Å². The Bertz CT molecular complexity index is 379. The number of rotatable bonds is 5. The van der Waals surface area contributed by atoms with E-state index in [0.717, 1.165) is 37.1 Å². The second-order valence-corrected chi connectivity index (χ2v) is 6.29. The summed E-state index contributed by atoms with van der Waals surface area (Å²) in [6.07, 6.45) is 8.07. The van der Waals surface area contributed by atoms with E-state index in [1.54, 1.807) is 11.3 Å². The van der Waals surface area contributed by atoms with Crippen LogP contribution >= 0.6 is 22.9 Å². The van der Waals surface area contributed by atoms with Crippen molar-refractivity contribution >= 4 is 28.8 Å². The number of carbonyl (C=O) groups is 1. The summed E-state index contributed by atoms with van der Waals surface area (Å²) in [6, 6.07) is 2.10. The zero-order chi connectivity index (χ0) is 12.8. The molecule has 0 spiro atoms. The van der Waals surface area contributed by atoms with Gasteiger partial charge in [-0.3, -0.25) is 4.79 Å². The molecule has 1 amide bonds. The lowest BCUT2D eigenvalue weighted by atomic mass is 10.1. The van der Waals surface area contributed by atoms with Crippen LogP contribution in [-0.2, 0) is 12.8 Å². The van der Waals surface area contributed by atoms with Gasteiger partial charge in [-0.25, -0.2) is 0 Å². The Hall–Kier alpha value is -0.540. The largest absolute Gasteiger partial charge is 0.351 e. The van der Waals surface area contributed by atoms with Gasteiger partial charge in [-0.05, 0) is 50.2 Å². The number of nitrogens with one attached hydrogen (secondary N) is 1. The highest BCUT2D eigenvalue weighted by Gasteiger charge is 2.15. The summed E-state index contributed by atoms with van der Waals surface area (Å²) in [6.45, 7) is 0.730. The summed E-state index contributed by atoms with van der Waals surface area (Å²) in [5.41, 5.74) is 1.41. The van der Waals surface area contributed by atoms with Gasteiger partial charge in [0.15, 0.2) is 0 Å². The van der Waals surface area contributed by atoms with Crippen LogP contribution in [0.1, 0.15) is 52.2 Å². The second kappa shape index (κ2) is 7.15. The topological polar surface area (TPSA) is 29.1 Å². The van der Waals surface area contributed by atoms with Gasteiger partial charge in [0.25, 0.3) is 5.91 Å². The Morgan fingerprint density at radius 1 is 1.28 bits per heavy atom. The predicted molar refractivity (Wildman–Crippen MR) is 77.9 cm³/mol. The summed E-state index contributed by atoms with van der Waals surface area (Å²) in [7, 11) is 0. The highest BCUT2D eigenvalue weighted by atomic mass is 35.5. The van der Waals surface area contributed by atoms with Crippen molar-refractivity contribution in [3.63, 3.8) is 0 Å². The SMILES string of the molecule is O=C(NCCCCCl)c1cc2c(s1)CCCCC2. The van der Waals surface area contributed by atoms with Crippen molar-refractivity contribution in [1.82, 2.24) is 5.32 Å². The van der Waals surface area contributed by atoms with Gasteiger partial charge in [-0.15, -0.1) is 22.9 Å². The van der Waals surface area contributed by atoms with Crippen LogP contribution in [0.2, 0.25) is 0 Å². The average molecular weight is 286 g/mol. The van der Waals surface area contributed by atoms with E-state index in [-0.39, 0.29) is 5.91 Å². The molecule has 1 aromatic heterocycles. The molecule has 1 heterocycles. The van der Waals surface area contributed by atoms with Gasteiger partial charge in [0.05, 0.1) is 4.88 Å². The lowest BCUT2D eigenvalue weighted by Crippen LogP contribution is -2.23. The van der Waals surface area contributed by atoms with E-state index in [9.17, 15) is 4.79 Å². The van der Waals surface area contributed by atoms with Gasteiger partial charge in [0.2, 0.25) is 0 Å². The first-order valence-corrected chi connectivity index (χ1v) is 8.12. The monoisotopic (exact) mass is 285 g/mol. The predicted octanol–water partition coefficient (Wildman–Crippen LogP) is 3.77. The van der Waals surface area contributed by atoms with E-state index in [1.165, 1.54) is 29.7 Å². The Kier molecular flexibility index (Phi) is 5.51. The molecule has 0 radical (unpaired) electrons.